The number of benzene rings is 4. The first-order valence-corrected chi connectivity index (χ1v) is 13.9. The molecule has 0 aromatic heterocycles. The number of carbonyl (C=O) groups excluding carboxylic acids is 1. The minimum Gasteiger partial charge on any atom is -0.395 e. The maximum Gasteiger partial charge on any atom is 0.519 e. The molecular formula is C25H16Cl2O7S2. The Labute approximate surface area is 217 Å². The van der Waals surface area contributed by atoms with E-state index in [-0.39, 0.29) is 31.1 Å². The predicted molar refractivity (Wildman–Crippen MR) is 133 cm³/mol. The fraction of sp³-hybridized carbons (Fsp3) is 0. The van der Waals surface area contributed by atoms with E-state index in [1.54, 1.807) is 0 Å². The zero-order valence-corrected chi connectivity index (χ0v) is 21.3. The molecule has 0 unspecified atom stereocenters. The van der Waals surface area contributed by atoms with Gasteiger partial charge < -0.3 is 9.47 Å². The number of hydrogen-bond donors (Lipinski definition) is 0. The second kappa shape index (κ2) is 10.3. The summed E-state index contributed by atoms with van der Waals surface area (Å²) in [4.78, 5) is 12.3. The maximum absolute atomic E-state index is 12.7. The van der Waals surface area contributed by atoms with Gasteiger partial charge in [-0.2, -0.15) is 0 Å². The molecule has 36 heavy (non-hydrogen) atoms. The summed E-state index contributed by atoms with van der Waals surface area (Å²) >= 11 is 11.6. The first-order valence-electron chi connectivity index (χ1n) is 10.2. The molecule has 0 aliphatic heterocycles. The lowest BCUT2D eigenvalue weighted by Crippen LogP contribution is -2.14. The fourth-order valence-electron chi connectivity index (χ4n) is 3.09. The highest BCUT2D eigenvalue weighted by Crippen LogP contribution is 2.26. The van der Waals surface area contributed by atoms with Crippen LogP contribution in [0.4, 0.5) is 4.79 Å². The van der Waals surface area contributed by atoms with Crippen molar-refractivity contribution in [1.29, 1.82) is 0 Å². The number of carbonyl (C=O) groups is 1. The summed E-state index contributed by atoms with van der Waals surface area (Å²) in [5.41, 5.74) is 0. The Kier molecular flexibility index (Phi) is 7.37. The highest BCUT2D eigenvalue weighted by molar-refractivity contribution is 7.91. The summed E-state index contributed by atoms with van der Waals surface area (Å²) in [6.07, 6.45) is -1.09. The Morgan fingerprint density at radius 1 is 0.472 bits per heavy atom. The van der Waals surface area contributed by atoms with Crippen LogP contribution in [0, 0.1) is 0 Å². The molecule has 0 heterocycles. The van der Waals surface area contributed by atoms with E-state index in [0.29, 0.717) is 10.0 Å². The van der Waals surface area contributed by atoms with Crippen LogP contribution in [0.2, 0.25) is 10.0 Å². The SMILES string of the molecule is O=C(Oc1ccc(S(=O)(=O)c2ccc(Cl)cc2)cc1)Oc1ccc(S(=O)(=O)c2ccc(Cl)cc2)cc1. The van der Waals surface area contributed by atoms with Crippen molar-refractivity contribution in [2.24, 2.45) is 0 Å². The molecule has 0 saturated carbocycles. The molecule has 0 atom stereocenters. The second-order valence-electron chi connectivity index (χ2n) is 7.31. The van der Waals surface area contributed by atoms with E-state index >= 15 is 0 Å². The van der Waals surface area contributed by atoms with Crippen LogP contribution in [0.15, 0.2) is 117 Å². The van der Waals surface area contributed by atoms with Crippen LogP contribution in [0.1, 0.15) is 0 Å². The molecule has 4 aromatic rings. The standard InChI is InChI=1S/C25H16Cl2O7S2/c26-17-1-9-21(10-2-17)35(29,30)23-13-5-19(6-14-23)33-25(28)34-20-7-15-24(16-8-20)36(31,32)22-11-3-18(27)4-12-22/h1-16H. The largest absolute Gasteiger partial charge is 0.519 e. The quantitative estimate of drug-likeness (QED) is 0.202. The van der Waals surface area contributed by atoms with Crippen LogP contribution in [-0.4, -0.2) is 23.0 Å². The minimum atomic E-state index is -3.77. The first-order chi connectivity index (χ1) is 17.1. The van der Waals surface area contributed by atoms with Gasteiger partial charge in [0.25, 0.3) is 0 Å². The van der Waals surface area contributed by atoms with E-state index in [1.807, 2.05) is 0 Å². The van der Waals surface area contributed by atoms with Gasteiger partial charge in [0.1, 0.15) is 11.5 Å². The number of rotatable bonds is 6. The molecule has 7 nitrogen and oxygen atoms in total. The van der Waals surface area contributed by atoms with E-state index in [2.05, 4.69) is 0 Å². The van der Waals surface area contributed by atoms with Crippen molar-refractivity contribution in [3.63, 3.8) is 0 Å². The number of sulfone groups is 2. The smallest absolute Gasteiger partial charge is 0.395 e. The zero-order chi connectivity index (χ0) is 25.9. The molecule has 0 bridgehead atoms. The van der Waals surface area contributed by atoms with Gasteiger partial charge in [0.15, 0.2) is 0 Å². The van der Waals surface area contributed by atoms with E-state index in [1.165, 1.54) is 97.1 Å². The number of hydrogen-bond acceptors (Lipinski definition) is 7. The third kappa shape index (κ3) is 5.71. The van der Waals surface area contributed by atoms with Crippen LogP contribution in [0.3, 0.4) is 0 Å². The molecule has 0 spiro atoms. The van der Waals surface area contributed by atoms with Gasteiger partial charge in [0.05, 0.1) is 19.6 Å². The minimum absolute atomic E-state index is 0.00280. The Bertz CT molecular complexity index is 1480. The van der Waals surface area contributed by atoms with Crippen LogP contribution < -0.4 is 9.47 Å². The summed E-state index contributed by atoms with van der Waals surface area (Å²) in [5, 5.41) is 0.822. The number of ether oxygens (including phenoxy) is 2. The molecule has 0 saturated heterocycles. The Balaban J connectivity index is 1.41. The summed E-state index contributed by atoms with van der Waals surface area (Å²) in [7, 11) is -7.55. The van der Waals surface area contributed by atoms with Crippen molar-refractivity contribution in [2.75, 3.05) is 0 Å². The summed E-state index contributed by atoms with van der Waals surface area (Å²) in [5.74, 6) is 0.106. The average Bonchev–Trinajstić information content (AvgIpc) is 2.85. The Hall–Kier alpha value is -3.37. The van der Waals surface area contributed by atoms with Gasteiger partial charge in [0.2, 0.25) is 19.7 Å². The van der Waals surface area contributed by atoms with Gasteiger partial charge in [-0.15, -0.1) is 0 Å². The average molecular weight is 563 g/mol. The normalized spacial score (nSPS) is 11.6. The summed E-state index contributed by atoms with van der Waals surface area (Å²) < 4.78 is 61.0. The van der Waals surface area contributed by atoms with Gasteiger partial charge in [-0.1, -0.05) is 23.2 Å². The molecule has 4 aromatic carbocycles. The van der Waals surface area contributed by atoms with Crippen molar-refractivity contribution < 1.29 is 31.1 Å². The van der Waals surface area contributed by atoms with Crippen LogP contribution in [0.5, 0.6) is 11.5 Å². The molecule has 184 valence electrons. The van der Waals surface area contributed by atoms with Crippen LogP contribution in [0.25, 0.3) is 0 Å². The van der Waals surface area contributed by atoms with Crippen molar-refractivity contribution in [2.45, 2.75) is 19.6 Å². The van der Waals surface area contributed by atoms with E-state index in [4.69, 9.17) is 32.7 Å². The molecule has 4 rings (SSSR count). The highest BCUT2D eigenvalue weighted by atomic mass is 35.5. The molecule has 0 aliphatic carbocycles. The van der Waals surface area contributed by atoms with Gasteiger partial charge >= 0.3 is 6.16 Å². The fourth-order valence-corrected chi connectivity index (χ4v) is 5.86. The van der Waals surface area contributed by atoms with E-state index in [9.17, 15) is 21.6 Å². The van der Waals surface area contributed by atoms with Gasteiger partial charge in [-0.3, -0.25) is 0 Å². The molecular weight excluding hydrogens is 547 g/mol. The van der Waals surface area contributed by atoms with Crippen molar-refractivity contribution in [3.8, 4) is 11.5 Å². The van der Waals surface area contributed by atoms with Crippen molar-refractivity contribution in [1.82, 2.24) is 0 Å². The number of halogens is 2. The topological polar surface area (TPSA) is 104 Å². The van der Waals surface area contributed by atoms with Gasteiger partial charge in [-0.25, -0.2) is 21.6 Å². The van der Waals surface area contributed by atoms with Crippen LogP contribution in [-0.2, 0) is 19.7 Å². The summed E-state index contributed by atoms with van der Waals surface area (Å²) in [6.45, 7) is 0. The molecule has 11 heteroatoms. The third-order valence-corrected chi connectivity index (χ3v) is 8.99. The van der Waals surface area contributed by atoms with E-state index < -0.39 is 25.8 Å². The van der Waals surface area contributed by atoms with Gasteiger partial charge in [-0.05, 0) is 97.1 Å². The van der Waals surface area contributed by atoms with Crippen LogP contribution >= 0.6 is 23.2 Å². The van der Waals surface area contributed by atoms with Crippen molar-refractivity contribution >= 4 is 49.0 Å². The van der Waals surface area contributed by atoms with Gasteiger partial charge in [0, 0.05) is 10.0 Å². The molecule has 0 N–H and O–H groups in total. The summed E-state index contributed by atoms with van der Waals surface area (Å²) in [6, 6.07) is 21.9. The van der Waals surface area contributed by atoms with Crippen molar-refractivity contribution in [3.05, 3.63) is 107 Å². The lowest BCUT2D eigenvalue weighted by molar-refractivity contribution is 0.152. The zero-order valence-electron chi connectivity index (χ0n) is 18.2. The Morgan fingerprint density at radius 3 is 1.00 bits per heavy atom. The van der Waals surface area contributed by atoms with E-state index in [0.717, 1.165) is 0 Å². The lowest BCUT2D eigenvalue weighted by atomic mass is 10.3. The molecule has 0 radical (unpaired) electrons. The highest BCUT2D eigenvalue weighted by Gasteiger charge is 2.19. The molecule has 0 amide bonds. The maximum atomic E-state index is 12.7. The predicted octanol–water partition coefficient (Wildman–Crippen LogP) is 6.24. The second-order valence-corrected chi connectivity index (χ2v) is 12.1. The molecule has 0 fully saturated rings. The monoisotopic (exact) mass is 562 g/mol. The molecule has 0 aliphatic rings. The Morgan fingerprint density at radius 2 is 0.722 bits per heavy atom. The lowest BCUT2D eigenvalue weighted by Gasteiger charge is -2.09. The third-order valence-electron chi connectivity index (χ3n) is 4.92. The first kappa shape index (κ1) is 25.7.